The van der Waals surface area contributed by atoms with Gasteiger partial charge in [-0.1, -0.05) is 30.3 Å². The number of morpholine rings is 1. The number of ether oxygens (including phenoxy) is 1. The van der Waals surface area contributed by atoms with Gasteiger partial charge in [0.25, 0.3) is 5.91 Å². The van der Waals surface area contributed by atoms with E-state index in [9.17, 15) is 18.0 Å². The summed E-state index contributed by atoms with van der Waals surface area (Å²) in [6, 6.07) is 17.5. The van der Waals surface area contributed by atoms with Crippen molar-refractivity contribution >= 4 is 27.5 Å². The molecular formula is C24H25N3O6S. The number of carbonyl (C=O) groups is 2. The first-order valence-electron chi connectivity index (χ1n) is 10.8. The Morgan fingerprint density at radius 3 is 2.29 bits per heavy atom. The van der Waals surface area contributed by atoms with Crippen LogP contribution in [0.15, 0.2) is 82.3 Å². The van der Waals surface area contributed by atoms with Gasteiger partial charge in [-0.3, -0.25) is 9.59 Å². The molecule has 0 spiro atoms. The van der Waals surface area contributed by atoms with Crippen LogP contribution in [0, 0.1) is 0 Å². The summed E-state index contributed by atoms with van der Waals surface area (Å²) in [6.07, 6.45) is 1.65. The van der Waals surface area contributed by atoms with Crippen molar-refractivity contribution < 1.29 is 27.2 Å². The predicted octanol–water partition coefficient (Wildman–Crippen LogP) is 2.28. The van der Waals surface area contributed by atoms with Crippen LogP contribution in [0.4, 0.5) is 5.69 Å². The number of anilines is 1. The maximum atomic E-state index is 13.1. The molecule has 0 bridgehead atoms. The first-order chi connectivity index (χ1) is 16.4. The van der Waals surface area contributed by atoms with E-state index in [4.69, 9.17) is 9.15 Å². The highest BCUT2D eigenvalue weighted by Crippen LogP contribution is 2.20. The molecule has 2 aromatic carbocycles. The van der Waals surface area contributed by atoms with Crippen LogP contribution < -0.4 is 10.6 Å². The number of nitrogens with one attached hydrogen (secondary N) is 2. The third kappa shape index (κ3) is 5.71. The maximum absolute atomic E-state index is 13.1. The largest absolute Gasteiger partial charge is 0.459 e. The molecule has 1 aliphatic heterocycles. The Labute approximate surface area is 197 Å². The fourth-order valence-electron chi connectivity index (χ4n) is 3.57. The Balaban J connectivity index is 1.47. The van der Waals surface area contributed by atoms with Crippen molar-refractivity contribution in [2.24, 2.45) is 0 Å². The number of furan rings is 1. The number of benzene rings is 2. The lowest BCUT2D eigenvalue weighted by molar-refractivity contribution is -0.118. The van der Waals surface area contributed by atoms with Gasteiger partial charge in [0, 0.05) is 25.2 Å². The molecule has 9 nitrogen and oxygen atoms in total. The first-order valence-corrected chi connectivity index (χ1v) is 12.2. The fraction of sp³-hybridized carbons (Fsp3) is 0.250. The first kappa shape index (κ1) is 23.7. The van der Waals surface area contributed by atoms with Gasteiger partial charge in [-0.25, -0.2) is 8.42 Å². The predicted molar refractivity (Wildman–Crippen MR) is 125 cm³/mol. The highest BCUT2D eigenvalue weighted by atomic mass is 32.2. The molecule has 1 fully saturated rings. The van der Waals surface area contributed by atoms with Crippen molar-refractivity contribution in [2.45, 2.75) is 17.4 Å². The van der Waals surface area contributed by atoms with Crippen molar-refractivity contribution in [1.82, 2.24) is 9.62 Å². The second-order valence-electron chi connectivity index (χ2n) is 7.72. The summed E-state index contributed by atoms with van der Waals surface area (Å²) >= 11 is 0. The Bertz CT molecular complexity index is 1210. The molecule has 0 unspecified atom stereocenters. The van der Waals surface area contributed by atoms with Crippen LogP contribution in [-0.2, 0) is 26.0 Å². The highest BCUT2D eigenvalue weighted by Gasteiger charge is 2.27. The van der Waals surface area contributed by atoms with Crippen LogP contribution in [0.3, 0.4) is 0 Å². The van der Waals surface area contributed by atoms with Gasteiger partial charge >= 0.3 is 0 Å². The molecule has 178 valence electrons. The molecule has 1 saturated heterocycles. The smallest absolute Gasteiger partial charge is 0.287 e. The molecule has 2 N–H and O–H groups in total. The third-order valence-electron chi connectivity index (χ3n) is 5.38. The van der Waals surface area contributed by atoms with Crippen LogP contribution >= 0.6 is 0 Å². The van der Waals surface area contributed by atoms with Gasteiger partial charge in [-0.05, 0) is 42.0 Å². The van der Waals surface area contributed by atoms with E-state index < -0.39 is 27.9 Å². The van der Waals surface area contributed by atoms with Crippen LogP contribution in [0.5, 0.6) is 0 Å². The number of sulfonamides is 1. The minimum atomic E-state index is -3.63. The molecule has 3 aromatic rings. The zero-order chi connectivity index (χ0) is 24.0. The topological polar surface area (TPSA) is 118 Å². The molecule has 0 aliphatic carbocycles. The minimum absolute atomic E-state index is 0.100. The average molecular weight is 484 g/mol. The van der Waals surface area contributed by atoms with Gasteiger partial charge in [0.1, 0.15) is 6.04 Å². The molecule has 1 aliphatic rings. The number of hydrogen-bond donors (Lipinski definition) is 2. The Morgan fingerprint density at radius 2 is 1.65 bits per heavy atom. The van der Waals surface area contributed by atoms with Crippen molar-refractivity contribution in [2.75, 3.05) is 31.6 Å². The van der Waals surface area contributed by atoms with Crippen LogP contribution in [0.1, 0.15) is 16.1 Å². The van der Waals surface area contributed by atoms with Gasteiger partial charge in [0.2, 0.25) is 15.9 Å². The summed E-state index contributed by atoms with van der Waals surface area (Å²) in [5.74, 6) is -0.843. The van der Waals surface area contributed by atoms with Crippen molar-refractivity contribution in [3.63, 3.8) is 0 Å². The third-order valence-corrected chi connectivity index (χ3v) is 7.29. The fourth-order valence-corrected chi connectivity index (χ4v) is 4.98. The SMILES string of the molecule is O=C(N[C@@H](Cc1ccccc1)C(=O)Nc1ccc(S(=O)(=O)N2CCOCC2)cc1)c1ccco1. The minimum Gasteiger partial charge on any atom is -0.459 e. The van der Waals surface area contributed by atoms with E-state index in [1.54, 1.807) is 6.07 Å². The summed E-state index contributed by atoms with van der Waals surface area (Å²) in [5.41, 5.74) is 1.28. The van der Waals surface area contributed by atoms with Crippen molar-refractivity contribution in [1.29, 1.82) is 0 Å². The highest BCUT2D eigenvalue weighted by molar-refractivity contribution is 7.89. The van der Waals surface area contributed by atoms with Crippen molar-refractivity contribution in [3.05, 3.63) is 84.3 Å². The summed E-state index contributed by atoms with van der Waals surface area (Å²) in [5, 5.41) is 5.47. The summed E-state index contributed by atoms with van der Waals surface area (Å²) < 4.78 is 37.3. The molecule has 0 radical (unpaired) electrons. The standard InChI is InChI=1S/C24H25N3O6S/c28-23(21(17-18-5-2-1-3-6-18)26-24(29)22-7-4-14-33-22)25-19-8-10-20(11-9-19)34(30,31)27-12-15-32-16-13-27/h1-11,14,21H,12-13,15-17H2,(H,25,28)(H,26,29)/t21-/m0/s1. The maximum Gasteiger partial charge on any atom is 0.287 e. The molecule has 2 amide bonds. The molecule has 10 heteroatoms. The van der Waals surface area contributed by atoms with Gasteiger partial charge in [-0.15, -0.1) is 0 Å². The molecule has 2 heterocycles. The number of nitrogens with zero attached hydrogens (tertiary/aromatic N) is 1. The van der Waals surface area contributed by atoms with E-state index in [1.165, 1.54) is 40.9 Å². The van der Waals surface area contributed by atoms with E-state index in [-0.39, 0.29) is 17.1 Å². The number of hydrogen-bond acceptors (Lipinski definition) is 6. The van der Waals surface area contributed by atoms with Gasteiger partial charge in [-0.2, -0.15) is 4.31 Å². The zero-order valence-corrected chi connectivity index (χ0v) is 19.2. The van der Waals surface area contributed by atoms with Gasteiger partial charge in [0.15, 0.2) is 5.76 Å². The van der Waals surface area contributed by atoms with Crippen molar-refractivity contribution in [3.8, 4) is 0 Å². The van der Waals surface area contributed by atoms with E-state index in [2.05, 4.69) is 10.6 Å². The zero-order valence-electron chi connectivity index (χ0n) is 18.3. The second-order valence-corrected chi connectivity index (χ2v) is 9.66. The number of amides is 2. The van der Waals surface area contributed by atoms with E-state index in [1.807, 2.05) is 30.3 Å². The molecule has 0 saturated carbocycles. The lowest BCUT2D eigenvalue weighted by atomic mass is 10.0. The molecule has 4 rings (SSSR count). The molecule has 1 aromatic heterocycles. The van der Waals surface area contributed by atoms with Crippen LogP contribution in [0.25, 0.3) is 0 Å². The van der Waals surface area contributed by atoms with Crippen LogP contribution in [0.2, 0.25) is 0 Å². The van der Waals surface area contributed by atoms with E-state index in [0.29, 0.717) is 32.0 Å². The number of rotatable bonds is 8. The Morgan fingerprint density at radius 1 is 0.941 bits per heavy atom. The van der Waals surface area contributed by atoms with Gasteiger partial charge in [0.05, 0.1) is 24.4 Å². The van der Waals surface area contributed by atoms with Crippen LogP contribution in [-0.4, -0.2) is 56.9 Å². The molecule has 34 heavy (non-hydrogen) atoms. The van der Waals surface area contributed by atoms with E-state index in [0.717, 1.165) is 5.56 Å². The molecule has 1 atom stereocenters. The summed E-state index contributed by atoms with van der Waals surface area (Å²) in [7, 11) is -3.63. The number of carbonyl (C=O) groups excluding carboxylic acids is 2. The second kappa shape index (κ2) is 10.6. The van der Waals surface area contributed by atoms with Gasteiger partial charge < -0.3 is 19.8 Å². The Kier molecular flexibility index (Phi) is 7.41. The monoisotopic (exact) mass is 483 g/mol. The lowest BCUT2D eigenvalue weighted by Crippen LogP contribution is -2.45. The average Bonchev–Trinajstić information content (AvgIpc) is 3.40. The quantitative estimate of drug-likeness (QED) is 0.508. The summed E-state index contributed by atoms with van der Waals surface area (Å²) in [4.78, 5) is 25.7. The molecular weight excluding hydrogens is 458 g/mol. The normalized spacial score (nSPS) is 15.4. The Hall–Kier alpha value is -3.47. The lowest BCUT2D eigenvalue weighted by Gasteiger charge is -2.26. The summed E-state index contributed by atoms with van der Waals surface area (Å²) in [6.45, 7) is 1.33. The van der Waals surface area contributed by atoms with E-state index >= 15 is 0 Å².